The van der Waals surface area contributed by atoms with E-state index in [2.05, 4.69) is 24.1 Å². The van der Waals surface area contributed by atoms with Crippen LogP contribution < -0.4 is 5.32 Å². The van der Waals surface area contributed by atoms with Gasteiger partial charge in [-0.3, -0.25) is 9.59 Å². The number of ketones is 2. The molecule has 2 heterocycles. The van der Waals surface area contributed by atoms with Crippen molar-refractivity contribution in [3.8, 4) is 5.75 Å². The third-order valence-electron chi connectivity index (χ3n) is 6.76. The average molecular weight is 429 g/mol. The van der Waals surface area contributed by atoms with E-state index in [0.29, 0.717) is 35.2 Å². The van der Waals surface area contributed by atoms with E-state index in [-0.39, 0.29) is 22.7 Å². The van der Waals surface area contributed by atoms with E-state index in [1.54, 1.807) is 12.1 Å². The van der Waals surface area contributed by atoms with Crippen LogP contribution in [-0.2, 0) is 4.79 Å². The minimum absolute atomic E-state index is 0.0599. The van der Waals surface area contributed by atoms with E-state index in [9.17, 15) is 14.7 Å². The van der Waals surface area contributed by atoms with E-state index < -0.39 is 5.92 Å². The molecule has 1 saturated heterocycles. The highest BCUT2D eigenvalue weighted by molar-refractivity contribution is 6.13. The molecule has 0 bridgehead atoms. The number of nitrogens with one attached hydrogen (secondary N) is 1. The monoisotopic (exact) mass is 428 g/mol. The summed E-state index contributed by atoms with van der Waals surface area (Å²) in [5.74, 6) is 0.221. The number of benzene rings is 2. The number of aryl methyl sites for hydroxylation is 1. The Bertz CT molecular complexity index is 1190. The predicted octanol–water partition coefficient (Wildman–Crippen LogP) is 4.44. The van der Waals surface area contributed by atoms with Gasteiger partial charge in [-0.2, -0.15) is 0 Å². The summed E-state index contributed by atoms with van der Waals surface area (Å²) in [6.07, 6.45) is 1.19. The van der Waals surface area contributed by atoms with Crippen LogP contribution in [0.4, 0.5) is 0 Å². The number of phenolic OH excluding ortho intramolecular Hbond substituents is 1. The molecule has 1 unspecified atom stereocenters. The maximum absolute atomic E-state index is 13.9. The van der Waals surface area contributed by atoms with Crippen molar-refractivity contribution in [2.45, 2.75) is 39.5 Å². The second-order valence-corrected chi connectivity index (χ2v) is 9.83. The number of hydrogen-bond donors (Lipinski definition) is 2. The van der Waals surface area contributed by atoms with Crippen LogP contribution in [0.25, 0.3) is 0 Å². The first-order chi connectivity index (χ1) is 15.3. The van der Waals surface area contributed by atoms with Crippen LogP contribution in [0.3, 0.4) is 0 Å². The Balaban J connectivity index is 1.76. The molecule has 0 amide bonds. The number of para-hydroxylation sites is 1. The quantitative estimate of drug-likeness (QED) is 0.708. The number of phenols is 1. The highest BCUT2D eigenvalue weighted by Gasteiger charge is 2.47. The molecule has 2 N–H and O–H groups in total. The zero-order valence-electron chi connectivity index (χ0n) is 18.7. The van der Waals surface area contributed by atoms with Gasteiger partial charge in [0.25, 0.3) is 0 Å². The summed E-state index contributed by atoms with van der Waals surface area (Å²) in [7, 11) is 0. The smallest absolute Gasteiger partial charge is 0.193 e. The number of nitrogens with zero attached hydrogens (tertiary/aromatic N) is 1. The molecule has 2 aliphatic heterocycles. The molecule has 3 aliphatic rings. The van der Waals surface area contributed by atoms with Crippen LogP contribution >= 0.6 is 0 Å². The molecule has 2 aromatic carbocycles. The lowest BCUT2D eigenvalue weighted by Gasteiger charge is -2.43. The molecular formula is C27H28N2O3. The summed E-state index contributed by atoms with van der Waals surface area (Å²) in [5, 5.41) is 14.2. The fourth-order valence-electron chi connectivity index (χ4n) is 5.30. The molecular weight excluding hydrogens is 400 g/mol. The first kappa shape index (κ1) is 20.6. The average Bonchev–Trinajstić information content (AvgIpc) is 3.22. The highest BCUT2D eigenvalue weighted by atomic mass is 16.3. The fraction of sp³-hybridized carbons (Fsp3) is 0.333. The van der Waals surface area contributed by atoms with Crippen molar-refractivity contribution in [3.05, 3.63) is 87.9 Å². The number of carbonyl (C=O) groups is 2. The van der Waals surface area contributed by atoms with Crippen molar-refractivity contribution >= 4 is 11.6 Å². The second-order valence-electron chi connectivity index (χ2n) is 9.83. The van der Waals surface area contributed by atoms with Gasteiger partial charge in [0, 0.05) is 41.9 Å². The largest absolute Gasteiger partial charge is 0.508 e. The van der Waals surface area contributed by atoms with Gasteiger partial charge in [0.1, 0.15) is 11.6 Å². The highest BCUT2D eigenvalue weighted by Crippen LogP contribution is 2.51. The maximum Gasteiger partial charge on any atom is 0.193 e. The van der Waals surface area contributed by atoms with Crippen LogP contribution in [0.1, 0.15) is 54.1 Å². The number of fused-ring (bicyclic) bond motifs is 2. The number of Topliss-reactive ketones (excluding diaryl/α,β-unsaturated/α-hetero) is 2. The summed E-state index contributed by atoms with van der Waals surface area (Å²) in [5.41, 5.74) is 4.30. The summed E-state index contributed by atoms with van der Waals surface area (Å²) in [6.45, 7) is 7.64. The van der Waals surface area contributed by atoms with Gasteiger partial charge in [-0.25, -0.2) is 0 Å². The van der Waals surface area contributed by atoms with Crippen molar-refractivity contribution in [1.29, 1.82) is 0 Å². The van der Waals surface area contributed by atoms with Gasteiger partial charge in [0.2, 0.25) is 0 Å². The number of carbonyl (C=O) groups excluding carboxylic acids is 2. The normalized spacial score (nSPS) is 21.9. The van der Waals surface area contributed by atoms with Gasteiger partial charge in [0.05, 0.1) is 11.5 Å². The molecule has 5 heteroatoms. The topological polar surface area (TPSA) is 69.6 Å². The number of allylic oxidation sites excluding steroid dienone is 3. The van der Waals surface area contributed by atoms with E-state index in [1.165, 1.54) is 0 Å². The van der Waals surface area contributed by atoms with E-state index in [1.807, 2.05) is 43.3 Å². The Morgan fingerprint density at radius 1 is 1.09 bits per heavy atom. The van der Waals surface area contributed by atoms with Crippen molar-refractivity contribution in [1.82, 2.24) is 10.2 Å². The van der Waals surface area contributed by atoms with Crippen molar-refractivity contribution in [2.24, 2.45) is 5.41 Å². The molecule has 164 valence electrons. The molecule has 1 atom stereocenters. The Kier molecular flexibility index (Phi) is 4.73. The van der Waals surface area contributed by atoms with Crippen LogP contribution in [0, 0.1) is 12.3 Å². The molecule has 5 nitrogen and oxygen atoms in total. The minimum Gasteiger partial charge on any atom is -0.508 e. The zero-order valence-corrected chi connectivity index (χ0v) is 18.7. The number of hydrogen-bond acceptors (Lipinski definition) is 5. The standard InChI is InChI=1S/C27H28N2O3/c1-16-8-10-17(11-9-16)25(32)24-22(18-6-4-5-7-20(18)30)23-19(29-13-12-28-26(24)29)14-27(2,3)15-21(23)31/h4-11,22,28,30H,12-15H2,1-3H3. The maximum atomic E-state index is 13.9. The predicted molar refractivity (Wildman–Crippen MR) is 123 cm³/mol. The Morgan fingerprint density at radius 2 is 1.81 bits per heavy atom. The molecule has 1 aliphatic carbocycles. The van der Waals surface area contributed by atoms with Crippen molar-refractivity contribution in [3.63, 3.8) is 0 Å². The lowest BCUT2D eigenvalue weighted by atomic mass is 9.67. The van der Waals surface area contributed by atoms with Crippen molar-refractivity contribution in [2.75, 3.05) is 13.1 Å². The third-order valence-corrected chi connectivity index (χ3v) is 6.76. The fourth-order valence-corrected chi connectivity index (χ4v) is 5.30. The van der Waals surface area contributed by atoms with E-state index in [4.69, 9.17) is 0 Å². The first-order valence-corrected chi connectivity index (χ1v) is 11.2. The molecule has 1 fully saturated rings. The Morgan fingerprint density at radius 3 is 2.53 bits per heavy atom. The van der Waals surface area contributed by atoms with E-state index >= 15 is 0 Å². The summed E-state index contributed by atoms with van der Waals surface area (Å²) in [4.78, 5) is 29.6. The van der Waals surface area contributed by atoms with Crippen LogP contribution in [0.5, 0.6) is 5.75 Å². The number of rotatable bonds is 3. The molecule has 0 spiro atoms. The Hall–Kier alpha value is -3.34. The second kappa shape index (κ2) is 7.37. The Labute approximate surface area is 188 Å². The summed E-state index contributed by atoms with van der Waals surface area (Å²) < 4.78 is 0. The van der Waals surface area contributed by atoms with Gasteiger partial charge in [0.15, 0.2) is 11.6 Å². The van der Waals surface area contributed by atoms with Crippen LogP contribution in [0.2, 0.25) is 0 Å². The van der Waals surface area contributed by atoms with E-state index in [0.717, 1.165) is 30.0 Å². The zero-order chi connectivity index (χ0) is 22.6. The van der Waals surface area contributed by atoms with Gasteiger partial charge in [-0.15, -0.1) is 0 Å². The molecule has 0 aromatic heterocycles. The number of aromatic hydroxyl groups is 1. The lowest BCUT2D eigenvalue weighted by molar-refractivity contribution is -0.118. The van der Waals surface area contributed by atoms with Crippen LogP contribution in [-0.4, -0.2) is 34.7 Å². The molecule has 0 saturated carbocycles. The molecule has 5 rings (SSSR count). The summed E-state index contributed by atoms with van der Waals surface area (Å²) in [6, 6.07) is 14.6. The lowest BCUT2D eigenvalue weighted by Crippen LogP contribution is -2.40. The molecule has 0 radical (unpaired) electrons. The van der Waals surface area contributed by atoms with Crippen molar-refractivity contribution < 1.29 is 14.7 Å². The first-order valence-electron chi connectivity index (χ1n) is 11.2. The van der Waals surface area contributed by atoms with Gasteiger partial charge >= 0.3 is 0 Å². The summed E-state index contributed by atoms with van der Waals surface area (Å²) >= 11 is 0. The van der Waals surface area contributed by atoms with Gasteiger partial charge in [-0.1, -0.05) is 61.9 Å². The van der Waals surface area contributed by atoms with Gasteiger partial charge < -0.3 is 15.3 Å². The van der Waals surface area contributed by atoms with Gasteiger partial charge in [-0.05, 0) is 24.8 Å². The minimum atomic E-state index is -0.597. The van der Waals surface area contributed by atoms with Crippen LogP contribution in [0.15, 0.2) is 71.2 Å². The molecule has 32 heavy (non-hydrogen) atoms. The SMILES string of the molecule is Cc1ccc(C(=O)C2=C3NCCN3C3=C(C(=O)CC(C)(C)C3)C2c2ccccc2O)cc1. The molecule has 2 aromatic rings. The third kappa shape index (κ3) is 3.24.